The van der Waals surface area contributed by atoms with Gasteiger partial charge in [-0.2, -0.15) is 0 Å². The van der Waals surface area contributed by atoms with Crippen molar-refractivity contribution in [2.75, 3.05) is 6.54 Å². The van der Waals surface area contributed by atoms with Gasteiger partial charge < -0.3 is 10.1 Å². The summed E-state index contributed by atoms with van der Waals surface area (Å²) in [6.45, 7) is 3.45. The number of hydrogen-bond donors (Lipinski definition) is 1. The van der Waals surface area contributed by atoms with Gasteiger partial charge in [0.15, 0.2) is 0 Å². The highest BCUT2D eigenvalue weighted by atomic mass is 16.5. The van der Waals surface area contributed by atoms with Gasteiger partial charge in [-0.25, -0.2) is 0 Å². The van der Waals surface area contributed by atoms with Gasteiger partial charge in [-0.05, 0) is 50.9 Å². The van der Waals surface area contributed by atoms with E-state index in [0.29, 0.717) is 6.10 Å². The fraction of sp³-hybridized carbons (Fsp3) is 1.00. The molecule has 2 nitrogen and oxygen atoms in total. The van der Waals surface area contributed by atoms with Crippen molar-refractivity contribution in [1.82, 2.24) is 5.32 Å². The van der Waals surface area contributed by atoms with Crippen LogP contribution in [0.25, 0.3) is 0 Å². The van der Waals surface area contributed by atoms with Gasteiger partial charge in [-0.1, -0.05) is 45.4 Å². The minimum atomic E-state index is 0.289. The summed E-state index contributed by atoms with van der Waals surface area (Å²) in [5.74, 6) is 0.925. The summed E-state index contributed by atoms with van der Waals surface area (Å²) in [5.41, 5.74) is 0.289. The normalized spacial score (nSPS) is 31.6. The highest BCUT2D eigenvalue weighted by Gasteiger charge is 2.40. The van der Waals surface area contributed by atoms with Crippen LogP contribution in [-0.2, 0) is 4.74 Å². The first kappa shape index (κ1) is 15.8. The van der Waals surface area contributed by atoms with E-state index in [2.05, 4.69) is 12.2 Å². The Labute approximate surface area is 131 Å². The number of hydrogen-bond acceptors (Lipinski definition) is 2. The molecule has 2 aliphatic carbocycles. The Hall–Kier alpha value is -0.0800. The van der Waals surface area contributed by atoms with E-state index in [1.807, 2.05) is 0 Å². The van der Waals surface area contributed by atoms with Crippen molar-refractivity contribution in [3.8, 4) is 0 Å². The summed E-state index contributed by atoms with van der Waals surface area (Å²) < 4.78 is 6.51. The van der Waals surface area contributed by atoms with Crippen LogP contribution in [0.1, 0.15) is 90.4 Å². The maximum Gasteiger partial charge on any atom is 0.0708 e. The van der Waals surface area contributed by atoms with Gasteiger partial charge in [-0.15, -0.1) is 0 Å². The van der Waals surface area contributed by atoms with Crippen molar-refractivity contribution in [2.45, 2.75) is 108 Å². The van der Waals surface area contributed by atoms with E-state index in [1.165, 1.54) is 83.5 Å². The van der Waals surface area contributed by atoms with Gasteiger partial charge in [0, 0.05) is 12.6 Å². The molecule has 3 rings (SSSR count). The molecular formula is C19H35NO. The van der Waals surface area contributed by atoms with E-state index < -0.39 is 0 Å². The molecule has 1 saturated heterocycles. The molecule has 3 fully saturated rings. The van der Waals surface area contributed by atoms with Crippen molar-refractivity contribution < 1.29 is 4.74 Å². The number of rotatable bonds is 5. The quantitative estimate of drug-likeness (QED) is 0.785. The zero-order valence-corrected chi connectivity index (χ0v) is 14.0. The van der Waals surface area contributed by atoms with Gasteiger partial charge in [0.1, 0.15) is 0 Å². The van der Waals surface area contributed by atoms with Crippen molar-refractivity contribution in [2.24, 2.45) is 5.92 Å². The lowest BCUT2D eigenvalue weighted by Crippen LogP contribution is -2.42. The van der Waals surface area contributed by atoms with Gasteiger partial charge in [-0.3, -0.25) is 0 Å². The van der Waals surface area contributed by atoms with Crippen LogP contribution in [0, 0.1) is 5.92 Å². The minimum absolute atomic E-state index is 0.289. The lowest BCUT2D eigenvalue weighted by atomic mass is 9.82. The van der Waals surface area contributed by atoms with Gasteiger partial charge in [0.05, 0.1) is 11.7 Å². The number of ether oxygens (including phenoxy) is 1. The van der Waals surface area contributed by atoms with Gasteiger partial charge >= 0.3 is 0 Å². The first-order chi connectivity index (χ1) is 10.3. The molecule has 0 radical (unpaired) electrons. The minimum Gasteiger partial charge on any atom is -0.370 e. The van der Waals surface area contributed by atoms with Crippen LogP contribution in [0.15, 0.2) is 0 Å². The predicted octanol–water partition coefficient (Wildman–Crippen LogP) is 4.82. The van der Waals surface area contributed by atoms with E-state index in [-0.39, 0.29) is 5.60 Å². The van der Waals surface area contributed by atoms with Crippen LogP contribution in [0.5, 0.6) is 0 Å². The Bertz CT molecular complexity index is 305. The highest BCUT2D eigenvalue weighted by Crippen LogP contribution is 2.41. The summed E-state index contributed by atoms with van der Waals surface area (Å²) in [6.07, 6.45) is 18.5. The van der Waals surface area contributed by atoms with Crippen molar-refractivity contribution in [3.05, 3.63) is 0 Å². The molecule has 1 spiro atoms. The Morgan fingerprint density at radius 3 is 2.38 bits per heavy atom. The molecule has 0 bridgehead atoms. The molecule has 2 saturated carbocycles. The van der Waals surface area contributed by atoms with Crippen molar-refractivity contribution >= 4 is 0 Å². The smallest absolute Gasteiger partial charge is 0.0708 e. The number of nitrogens with one attached hydrogen (secondary N) is 1. The lowest BCUT2D eigenvalue weighted by molar-refractivity contribution is -0.0634. The molecular weight excluding hydrogens is 258 g/mol. The van der Waals surface area contributed by atoms with Crippen LogP contribution in [-0.4, -0.2) is 24.3 Å². The average Bonchev–Trinajstić information content (AvgIpc) is 2.92. The maximum absolute atomic E-state index is 6.51. The molecule has 122 valence electrons. The lowest BCUT2D eigenvalue weighted by Gasteiger charge is -2.34. The summed E-state index contributed by atoms with van der Waals surface area (Å²) in [6, 6.07) is 0.733. The second-order valence-corrected chi connectivity index (χ2v) is 7.84. The van der Waals surface area contributed by atoms with Crippen LogP contribution < -0.4 is 5.32 Å². The molecule has 1 aliphatic heterocycles. The van der Waals surface area contributed by atoms with Crippen molar-refractivity contribution in [3.63, 3.8) is 0 Å². The fourth-order valence-corrected chi connectivity index (χ4v) is 5.07. The van der Waals surface area contributed by atoms with Crippen LogP contribution in [0.3, 0.4) is 0 Å². The summed E-state index contributed by atoms with van der Waals surface area (Å²) >= 11 is 0. The standard InChI is InChI=1S/C19H35NO/c1-2-18(16-9-5-3-6-10-16)20-15-17-11-14-19(21-17)12-7-4-8-13-19/h16-18,20H,2-15H2,1H3. The Kier molecular flexibility index (Phi) is 5.61. The van der Waals surface area contributed by atoms with Crippen LogP contribution in [0.4, 0.5) is 0 Å². The molecule has 0 aromatic heterocycles. The topological polar surface area (TPSA) is 21.3 Å². The summed E-state index contributed by atoms with van der Waals surface area (Å²) in [7, 11) is 0. The molecule has 21 heavy (non-hydrogen) atoms. The third-order valence-corrected chi connectivity index (χ3v) is 6.37. The molecule has 0 aromatic rings. The van der Waals surface area contributed by atoms with Crippen molar-refractivity contribution in [1.29, 1.82) is 0 Å². The molecule has 0 aromatic carbocycles. The third kappa shape index (κ3) is 4.01. The Balaban J connectivity index is 1.44. The molecule has 1 heterocycles. The zero-order valence-electron chi connectivity index (χ0n) is 14.0. The van der Waals surface area contributed by atoms with E-state index >= 15 is 0 Å². The summed E-state index contributed by atoms with van der Waals surface area (Å²) in [4.78, 5) is 0. The third-order valence-electron chi connectivity index (χ3n) is 6.37. The zero-order chi connectivity index (χ0) is 14.5. The predicted molar refractivity (Wildman–Crippen MR) is 88.6 cm³/mol. The van der Waals surface area contributed by atoms with E-state index in [9.17, 15) is 0 Å². The average molecular weight is 293 g/mol. The SMILES string of the molecule is CCC(NCC1CCC2(CCCCC2)O1)C1CCCCC1. The Morgan fingerprint density at radius 1 is 0.952 bits per heavy atom. The van der Waals surface area contributed by atoms with E-state index in [1.54, 1.807) is 0 Å². The second kappa shape index (κ2) is 7.46. The van der Waals surface area contributed by atoms with E-state index in [4.69, 9.17) is 4.74 Å². The largest absolute Gasteiger partial charge is 0.370 e. The summed E-state index contributed by atoms with van der Waals surface area (Å²) in [5, 5.41) is 3.88. The molecule has 1 N–H and O–H groups in total. The first-order valence-corrected chi connectivity index (χ1v) is 9.72. The second-order valence-electron chi connectivity index (χ2n) is 7.84. The monoisotopic (exact) mass is 293 g/mol. The first-order valence-electron chi connectivity index (χ1n) is 9.72. The molecule has 3 aliphatic rings. The molecule has 2 unspecified atom stereocenters. The van der Waals surface area contributed by atoms with Crippen LogP contribution >= 0.6 is 0 Å². The Morgan fingerprint density at radius 2 is 1.67 bits per heavy atom. The van der Waals surface area contributed by atoms with Gasteiger partial charge in [0.25, 0.3) is 0 Å². The molecule has 0 amide bonds. The van der Waals surface area contributed by atoms with Crippen LogP contribution in [0.2, 0.25) is 0 Å². The van der Waals surface area contributed by atoms with E-state index in [0.717, 1.165) is 18.5 Å². The molecule has 2 heteroatoms. The van der Waals surface area contributed by atoms with Gasteiger partial charge in [0.2, 0.25) is 0 Å². The maximum atomic E-state index is 6.51. The highest BCUT2D eigenvalue weighted by molar-refractivity contribution is 4.92. The molecule has 2 atom stereocenters. The fourth-order valence-electron chi connectivity index (χ4n) is 5.07.